The van der Waals surface area contributed by atoms with Crippen molar-refractivity contribution in [1.29, 1.82) is 0 Å². The number of nitrogens with zero attached hydrogens (tertiary/aromatic N) is 2. The summed E-state index contributed by atoms with van der Waals surface area (Å²) in [6, 6.07) is 0.0968. The van der Waals surface area contributed by atoms with Gasteiger partial charge >= 0.3 is 0 Å². The first-order valence-corrected chi connectivity index (χ1v) is 6.97. The fourth-order valence-corrected chi connectivity index (χ4v) is 2.86. The third-order valence-electron chi connectivity index (χ3n) is 4.00. The summed E-state index contributed by atoms with van der Waals surface area (Å²) < 4.78 is 0. The fourth-order valence-electron chi connectivity index (χ4n) is 2.86. The van der Waals surface area contributed by atoms with Gasteiger partial charge in [-0.1, -0.05) is 18.7 Å². The van der Waals surface area contributed by atoms with Crippen LogP contribution in [0.3, 0.4) is 0 Å². The minimum atomic E-state index is -0.0426. The van der Waals surface area contributed by atoms with Crippen molar-refractivity contribution >= 4 is 11.8 Å². The van der Waals surface area contributed by atoms with Gasteiger partial charge in [-0.25, -0.2) is 0 Å². The molecule has 0 N–H and O–H groups in total. The van der Waals surface area contributed by atoms with E-state index in [1.54, 1.807) is 4.90 Å². The van der Waals surface area contributed by atoms with Crippen LogP contribution in [0.15, 0.2) is 24.8 Å². The number of rotatable bonds is 3. The first kappa shape index (κ1) is 13.8. The lowest BCUT2D eigenvalue weighted by atomic mass is 10.0. The van der Waals surface area contributed by atoms with E-state index in [0.717, 1.165) is 12.8 Å². The van der Waals surface area contributed by atoms with Crippen LogP contribution < -0.4 is 0 Å². The van der Waals surface area contributed by atoms with Gasteiger partial charge in [0.2, 0.25) is 11.8 Å². The standard InChI is InChI=1S/C15H22N2O2/c1-3-14(18)16-8-9-17(12(2)11-16)15(19)10-13-6-4-5-7-13/h3-5,12-13H,1,6-11H2,2H3/t12-/m0/s1. The summed E-state index contributed by atoms with van der Waals surface area (Å²) in [7, 11) is 0. The van der Waals surface area contributed by atoms with E-state index in [0.29, 0.717) is 32.0 Å². The van der Waals surface area contributed by atoms with E-state index in [1.165, 1.54) is 6.08 Å². The van der Waals surface area contributed by atoms with Crippen LogP contribution in [0.25, 0.3) is 0 Å². The molecule has 2 rings (SSSR count). The topological polar surface area (TPSA) is 40.6 Å². The Morgan fingerprint density at radius 3 is 2.58 bits per heavy atom. The van der Waals surface area contributed by atoms with Crippen molar-refractivity contribution in [3.8, 4) is 0 Å². The molecule has 2 amide bonds. The summed E-state index contributed by atoms with van der Waals surface area (Å²) in [6.45, 7) is 7.38. The molecular formula is C15H22N2O2. The first-order valence-electron chi connectivity index (χ1n) is 6.97. The molecule has 4 heteroatoms. The van der Waals surface area contributed by atoms with Gasteiger partial charge in [0.15, 0.2) is 0 Å². The highest BCUT2D eigenvalue weighted by Crippen LogP contribution is 2.23. The zero-order chi connectivity index (χ0) is 13.8. The summed E-state index contributed by atoms with van der Waals surface area (Å²) in [6.07, 6.45) is 8.33. The summed E-state index contributed by atoms with van der Waals surface area (Å²) in [4.78, 5) is 27.5. The molecule has 19 heavy (non-hydrogen) atoms. The second-order valence-corrected chi connectivity index (χ2v) is 5.44. The van der Waals surface area contributed by atoms with Gasteiger partial charge in [-0.2, -0.15) is 0 Å². The van der Waals surface area contributed by atoms with Gasteiger partial charge in [0.1, 0.15) is 0 Å². The van der Waals surface area contributed by atoms with Gasteiger partial charge in [-0.15, -0.1) is 0 Å². The van der Waals surface area contributed by atoms with Crippen LogP contribution in [0.2, 0.25) is 0 Å². The molecule has 104 valence electrons. The molecule has 0 radical (unpaired) electrons. The Balaban J connectivity index is 1.86. The van der Waals surface area contributed by atoms with Crippen molar-refractivity contribution in [2.45, 2.75) is 32.2 Å². The molecule has 1 heterocycles. The molecule has 1 saturated heterocycles. The maximum atomic E-state index is 12.3. The lowest BCUT2D eigenvalue weighted by molar-refractivity contribution is -0.141. The predicted octanol–water partition coefficient (Wildman–Crippen LogP) is 1.59. The number of piperazine rings is 1. The van der Waals surface area contributed by atoms with Crippen molar-refractivity contribution < 1.29 is 9.59 Å². The van der Waals surface area contributed by atoms with E-state index in [2.05, 4.69) is 18.7 Å². The third kappa shape index (κ3) is 3.25. The highest BCUT2D eigenvalue weighted by Gasteiger charge is 2.29. The normalized spacial score (nSPS) is 23.7. The Hall–Kier alpha value is -1.58. The minimum Gasteiger partial charge on any atom is -0.336 e. The number of hydrogen-bond acceptors (Lipinski definition) is 2. The Morgan fingerprint density at radius 2 is 2.00 bits per heavy atom. The predicted molar refractivity (Wildman–Crippen MR) is 74.4 cm³/mol. The van der Waals surface area contributed by atoms with Crippen molar-refractivity contribution in [3.63, 3.8) is 0 Å². The number of carbonyl (C=O) groups excluding carboxylic acids is 2. The number of allylic oxidation sites excluding steroid dienone is 2. The van der Waals surface area contributed by atoms with Crippen LogP contribution in [0, 0.1) is 5.92 Å². The molecule has 0 saturated carbocycles. The van der Waals surface area contributed by atoms with Crippen LogP contribution >= 0.6 is 0 Å². The molecule has 0 aromatic carbocycles. The second-order valence-electron chi connectivity index (χ2n) is 5.44. The van der Waals surface area contributed by atoms with E-state index in [4.69, 9.17) is 0 Å². The average molecular weight is 262 g/mol. The highest BCUT2D eigenvalue weighted by molar-refractivity contribution is 5.87. The zero-order valence-electron chi connectivity index (χ0n) is 11.5. The van der Waals surface area contributed by atoms with E-state index in [1.807, 2.05) is 11.8 Å². The molecular weight excluding hydrogens is 240 g/mol. The molecule has 2 aliphatic rings. The third-order valence-corrected chi connectivity index (χ3v) is 4.00. The Morgan fingerprint density at radius 1 is 1.32 bits per heavy atom. The van der Waals surface area contributed by atoms with Gasteiger partial charge in [0.05, 0.1) is 0 Å². The van der Waals surface area contributed by atoms with Crippen LogP contribution in [0.5, 0.6) is 0 Å². The van der Waals surface area contributed by atoms with Crippen molar-refractivity contribution in [3.05, 3.63) is 24.8 Å². The van der Waals surface area contributed by atoms with Gasteiger partial charge in [-0.3, -0.25) is 9.59 Å². The van der Waals surface area contributed by atoms with Crippen molar-refractivity contribution in [1.82, 2.24) is 9.80 Å². The molecule has 1 atom stereocenters. The van der Waals surface area contributed by atoms with Crippen LogP contribution in [-0.4, -0.2) is 47.3 Å². The average Bonchev–Trinajstić information content (AvgIpc) is 2.90. The van der Waals surface area contributed by atoms with E-state index in [-0.39, 0.29) is 17.9 Å². The van der Waals surface area contributed by atoms with Crippen LogP contribution in [0.1, 0.15) is 26.2 Å². The van der Waals surface area contributed by atoms with E-state index >= 15 is 0 Å². The maximum Gasteiger partial charge on any atom is 0.246 e. The molecule has 0 bridgehead atoms. The SMILES string of the molecule is C=CC(=O)N1CCN(C(=O)CC2CC=CC2)[C@@H](C)C1. The van der Waals surface area contributed by atoms with E-state index < -0.39 is 0 Å². The Bertz CT molecular complexity index is 395. The smallest absolute Gasteiger partial charge is 0.246 e. The Labute approximate surface area is 114 Å². The van der Waals surface area contributed by atoms with Gasteiger partial charge < -0.3 is 9.80 Å². The molecule has 1 aliphatic carbocycles. The number of carbonyl (C=O) groups is 2. The summed E-state index contributed by atoms with van der Waals surface area (Å²) in [5, 5.41) is 0. The summed E-state index contributed by atoms with van der Waals surface area (Å²) in [5.74, 6) is 0.665. The molecule has 1 fully saturated rings. The molecule has 1 aliphatic heterocycles. The van der Waals surface area contributed by atoms with Gasteiger partial charge in [0.25, 0.3) is 0 Å². The zero-order valence-corrected chi connectivity index (χ0v) is 11.5. The monoisotopic (exact) mass is 262 g/mol. The number of hydrogen-bond donors (Lipinski definition) is 0. The second kappa shape index (κ2) is 6.04. The lowest BCUT2D eigenvalue weighted by Gasteiger charge is -2.40. The maximum absolute atomic E-state index is 12.3. The lowest BCUT2D eigenvalue weighted by Crippen LogP contribution is -2.55. The van der Waals surface area contributed by atoms with Crippen LogP contribution in [-0.2, 0) is 9.59 Å². The minimum absolute atomic E-state index is 0.0426. The molecule has 4 nitrogen and oxygen atoms in total. The summed E-state index contributed by atoms with van der Waals surface area (Å²) in [5.41, 5.74) is 0. The largest absolute Gasteiger partial charge is 0.336 e. The Kier molecular flexibility index (Phi) is 4.40. The molecule has 0 unspecified atom stereocenters. The van der Waals surface area contributed by atoms with Crippen molar-refractivity contribution in [2.24, 2.45) is 5.92 Å². The molecule has 0 aromatic rings. The molecule has 0 spiro atoms. The van der Waals surface area contributed by atoms with E-state index in [9.17, 15) is 9.59 Å². The van der Waals surface area contributed by atoms with Gasteiger partial charge in [-0.05, 0) is 31.8 Å². The quantitative estimate of drug-likeness (QED) is 0.572. The van der Waals surface area contributed by atoms with Crippen LogP contribution in [0.4, 0.5) is 0 Å². The number of amides is 2. The summed E-state index contributed by atoms with van der Waals surface area (Å²) >= 11 is 0. The highest BCUT2D eigenvalue weighted by atomic mass is 16.2. The first-order chi connectivity index (χ1) is 9.11. The van der Waals surface area contributed by atoms with Crippen molar-refractivity contribution in [2.75, 3.05) is 19.6 Å². The fraction of sp³-hybridized carbons (Fsp3) is 0.600. The molecule has 0 aromatic heterocycles. The van der Waals surface area contributed by atoms with Gasteiger partial charge in [0, 0.05) is 32.1 Å².